The molecule has 8 N–H and O–H groups in total. The zero-order chi connectivity index (χ0) is 26.0. The lowest BCUT2D eigenvalue weighted by molar-refractivity contribution is -0.143. The van der Waals surface area contributed by atoms with Crippen molar-refractivity contribution >= 4 is 29.7 Å². The van der Waals surface area contributed by atoms with E-state index in [1.165, 1.54) is 31.2 Å². The van der Waals surface area contributed by atoms with Crippen molar-refractivity contribution in [2.45, 2.75) is 64.2 Å². The van der Waals surface area contributed by atoms with E-state index in [9.17, 15) is 39.3 Å². The smallest absolute Gasteiger partial charge is 0.326 e. The van der Waals surface area contributed by atoms with Crippen molar-refractivity contribution in [2.24, 2.45) is 11.7 Å². The van der Waals surface area contributed by atoms with E-state index in [2.05, 4.69) is 16.0 Å². The Bertz CT molecular complexity index is 885. The third-order valence-electron chi connectivity index (χ3n) is 4.76. The standard InChI is InChI=1S/C22H32N4O8/c1-11(2)8-15(24-19(30)12(3)23)20(31)25-16(10-18(28)29)21(32)26-17(22(33)34)9-13-4-6-14(27)7-5-13/h4-7,11-12,15-17,27H,8-10,23H2,1-3H3,(H,24,30)(H,25,31)(H,26,32)(H,28,29)(H,33,34). The molecule has 1 aromatic rings. The van der Waals surface area contributed by atoms with Crippen LogP contribution in [0.25, 0.3) is 0 Å². The number of amides is 3. The molecule has 3 amide bonds. The molecule has 1 rings (SSSR count). The minimum Gasteiger partial charge on any atom is -0.508 e. The average molecular weight is 481 g/mol. The number of carbonyl (C=O) groups is 5. The molecule has 4 atom stereocenters. The van der Waals surface area contributed by atoms with Crippen LogP contribution in [0.1, 0.15) is 39.2 Å². The van der Waals surface area contributed by atoms with Gasteiger partial charge >= 0.3 is 11.9 Å². The second-order valence-corrected chi connectivity index (χ2v) is 8.41. The van der Waals surface area contributed by atoms with Gasteiger partial charge in [-0.05, 0) is 37.0 Å². The fourth-order valence-electron chi connectivity index (χ4n) is 3.00. The quantitative estimate of drug-likeness (QED) is 0.191. The summed E-state index contributed by atoms with van der Waals surface area (Å²) in [5.74, 6) is -5.22. The van der Waals surface area contributed by atoms with Crippen molar-refractivity contribution in [1.29, 1.82) is 0 Å². The number of rotatable bonds is 13. The molecule has 0 aliphatic heterocycles. The molecule has 0 bridgehead atoms. The van der Waals surface area contributed by atoms with E-state index in [1.807, 2.05) is 0 Å². The summed E-state index contributed by atoms with van der Waals surface area (Å²) in [7, 11) is 0. The summed E-state index contributed by atoms with van der Waals surface area (Å²) in [6, 6.07) is 0.690. The van der Waals surface area contributed by atoms with Gasteiger partial charge < -0.3 is 37.0 Å². The number of carboxylic acid groups (broad SMARTS) is 2. The van der Waals surface area contributed by atoms with Crippen LogP contribution in [-0.2, 0) is 30.4 Å². The Hall–Kier alpha value is -3.67. The van der Waals surface area contributed by atoms with Crippen molar-refractivity contribution < 1.29 is 39.3 Å². The molecule has 0 aliphatic carbocycles. The SMILES string of the molecule is CC(C)CC(NC(=O)C(C)N)C(=O)NC(CC(=O)O)C(=O)NC(Cc1ccc(O)cc1)C(=O)O. The van der Waals surface area contributed by atoms with Crippen LogP contribution in [0, 0.1) is 5.92 Å². The normalized spacial score (nSPS) is 14.4. The Balaban J connectivity index is 3.01. The van der Waals surface area contributed by atoms with Crippen molar-refractivity contribution in [3.8, 4) is 5.75 Å². The third kappa shape index (κ3) is 9.86. The van der Waals surface area contributed by atoms with E-state index < -0.39 is 60.2 Å². The van der Waals surface area contributed by atoms with Crippen LogP contribution >= 0.6 is 0 Å². The number of aliphatic carboxylic acids is 2. The summed E-state index contributed by atoms with van der Waals surface area (Å²) < 4.78 is 0. The fourth-order valence-corrected chi connectivity index (χ4v) is 3.00. The minimum atomic E-state index is -1.59. The number of hydrogen-bond donors (Lipinski definition) is 7. The van der Waals surface area contributed by atoms with E-state index in [-0.39, 0.29) is 24.5 Å². The van der Waals surface area contributed by atoms with Gasteiger partial charge in [0.2, 0.25) is 17.7 Å². The molecule has 12 nitrogen and oxygen atoms in total. The van der Waals surface area contributed by atoms with Crippen molar-refractivity contribution in [2.75, 3.05) is 0 Å². The minimum absolute atomic E-state index is 0.0176. The lowest BCUT2D eigenvalue weighted by Crippen LogP contribution is -2.57. The van der Waals surface area contributed by atoms with Gasteiger partial charge in [0, 0.05) is 6.42 Å². The summed E-state index contributed by atoms with van der Waals surface area (Å²) >= 11 is 0. The Morgan fingerprint density at radius 1 is 0.824 bits per heavy atom. The molecule has 0 heterocycles. The maximum atomic E-state index is 12.8. The van der Waals surface area contributed by atoms with E-state index in [0.29, 0.717) is 5.56 Å². The number of hydrogen-bond acceptors (Lipinski definition) is 7. The molecular formula is C22H32N4O8. The summed E-state index contributed by atoms with van der Waals surface area (Å²) in [6.07, 6.45) is -0.751. The third-order valence-corrected chi connectivity index (χ3v) is 4.76. The molecule has 12 heteroatoms. The number of phenols is 1. The zero-order valence-corrected chi connectivity index (χ0v) is 19.3. The highest BCUT2D eigenvalue weighted by Crippen LogP contribution is 2.12. The van der Waals surface area contributed by atoms with Crippen LogP contribution in [0.5, 0.6) is 5.75 Å². The van der Waals surface area contributed by atoms with Gasteiger partial charge in [-0.2, -0.15) is 0 Å². The van der Waals surface area contributed by atoms with Crippen molar-refractivity contribution in [3.05, 3.63) is 29.8 Å². The predicted molar refractivity (Wildman–Crippen MR) is 121 cm³/mol. The Labute approximate surface area is 196 Å². The highest BCUT2D eigenvalue weighted by atomic mass is 16.4. The second-order valence-electron chi connectivity index (χ2n) is 8.41. The first-order valence-corrected chi connectivity index (χ1v) is 10.7. The number of nitrogens with one attached hydrogen (secondary N) is 3. The molecular weight excluding hydrogens is 448 g/mol. The Kier molecular flexibility index (Phi) is 11.0. The number of carboxylic acids is 2. The van der Waals surface area contributed by atoms with Crippen molar-refractivity contribution in [3.63, 3.8) is 0 Å². The summed E-state index contributed by atoms with van der Waals surface area (Å²) in [4.78, 5) is 60.5. The van der Waals surface area contributed by atoms with E-state index in [1.54, 1.807) is 13.8 Å². The maximum absolute atomic E-state index is 12.8. The largest absolute Gasteiger partial charge is 0.508 e. The maximum Gasteiger partial charge on any atom is 0.326 e. The first kappa shape index (κ1) is 28.4. The molecule has 0 saturated carbocycles. The monoisotopic (exact) mass is 480 g/mol. The molecule has 0 radical (unpaired) electrons. The number of benzene rings is 1. The van der Waals surface area contributed by atoms with E-state index in [0.717, 1.165) is 0 Å². The summed E-state index contributed by atoms with van der Waals surface area (Å²) in [6.45, 7) is 5.04. The van der Waals surface area contributed by atoms with Gasteiger partial charge in [-0.15, -0.1) is 0 Å². The number of nitrogens with two attached hydrogens (primary N) is 1. The molecule has 0 aromatic heterocycles. The van der Waals surface area contributed by atoms with E-state index in [4.69, 9.17) is 5.73 Å². The van der Waals surface area contributed by atoms with Gasteiger partial charge in [0.05, 0.1) is 12.5 Å². The molecule has 0 saturated heterocycles. The fraction of sp³-hybridized carbons (Fsp3) is 0.500. The topological polar surface area (TPSA) is 208 Å². The van der Waals surface area contributed by atoms with Crippen LogP contribution in [0.15, 0.2) is 24.3 Å². The van der Waals surface area contributed by atoms with Gasteiger partial charge in [-0.1, -0.05) is 26.0 Å². The lowest BCUT2D eigenvalue weighted by Gasteiger charge is -2.25. The van der Waals surface area contributed by atoms with Gasteiger partial charge in [-0.3, -0.25) is 19.2 Å². The van der Waals surface area contributed by atoms with Gasteiger partial charge in [-0.25, -0.2) is 4.79 Å². The molecule has 0 spiro atoms. The first-order valence-electron chi connectivity index (χ1n) is 10.7. The molecule has 188 valence electrons. The molecule has 34 heavy (non-hydrogen) atoms. The summed E-state index contributed by atoms with van der Waals surface area (Å²) in [5.41, 5.74) is 6.03. The molecule has 4 unspecified atom stereocenters. The average Bonchev–Trinajstić information content (AvgIpc) is 2.72. The molecule has 0 aliphatic rings. The van der Waals surface area contributed by atoms with Crippen LogP contribution in [0.4, 0.5) is 0 Å². The lowest BCUT2D eigenvalue weighted by atomic mass is 10.0. The van der Waals surface area contributed by atoms with Crippen molar-refractivity contribution in [1.82, 2.24) is 16.0 Å². The van der Waals surface area contributed by atoms with Crippen LogP contribution in [0.3, 0.4) is 0 Å². The molecule has 0 fully saturated rings. The highest BCUT2D eigenvalue weighted by Gasteiger charge is 2.31. The number of aromatic hydroxyl groups is 1. The predicted octanol–water partition coefficient (Wildman–Crippen LogP) is -0.658. The second kappa shape index (κ2) is 13.1. The Morgan fingerprint density at radius 3 is 1.79 bits per heavy atom. The highest BCUT2D eigenvalue weighted by molar-refractivity contribution is 5.95. The number of carbonyl (C=O) groups excluding carboxylic acids is 3. The molecule has 1 aromatic carbocycles. The first-order chi connectivity index (χ1) is 15.8. The van der Waals surface area contributed by atoms with E-state index >= 15 is 0 Å². The van der Waals surface area contributed by atoms with Gasteiger partial charge in [0.25, 0.3) is 0 Å². The zero-order valence-electron chi connectivity index (χ0n) is 19.3. The van der Waals surface area contributed by atoms with Crippen LogP contribution in [-0.4, -0.2) is 69.1 Å². The summed E-state index contributed by atoms with van der Waals surface area (Å²) in [5, 5.41) is 35.1. The Morgan fingerprint density at radius 2 is 1.32 bits per heavy atom. The van der Waals surface area contributed by atoms with Crippen LogP contribution < -0.4 is 21.7 Å². The van der Waals surface area contributed by atoms with Gasteiger partial charge in [0.15, 0.2) is 0 Å². The number of phenolic OH excluding ortho intramolecular Hbond substituents is 1. The van der Waals surface area contributed by atoms with Gasteiger partial charge in [0.1, 0.15) is 23.9 Å². The van der Waals surface area contributed by atoms with Crippen LogP contribution in [0.2, 0.25) is 0 Å².